The molecule has 1 aliphatic carbocycles. The van der Waals surface area contributed by atoms with Crippen LogP contribution in [0.15, 0.2) is 12.1 Å². The van der Waals surface area contributed by atoms with Crippen LogP contribution in [0.1, 0.15) is 24.8 Å². The van der Waals surface area contributed by atoms with Crippen LogP contribution in [0, 0.1) is 17.0 Å². The number of aliphatic hydroxyl groups is 1. The van der Waals surface area contributed by atoms with Gasteiger partial charge in [-0.05, 0) is 36.3 Å². The Morgan fingerprint density at radius 2 is 2.00 bits per heavy atom. The third-order valence-electron chi connectivity index (χ3n) is 3.64. The number of rotatable bonds is 4. The van der Waals surface area contributed by atoms with Gasteiger partial charge in [-0.3, -0.25) is 0 Å². The summed E-state index contributed by atoms with van der Waals surface area (Å²) in [7, 11) is 1.30. The summed E-state index contributed by atoms with van der Waals surface area (Å²) in [5.74, 6) is -1.11. The van der Waals surface area contributed by atoms with Gasteiger partial charge < -0.3 is 9.84 Å². The Morgan fingerprint density at radius 1 is 1.29 bits per heavy atom. The van der Waals surface area contributed by atoms with Gasteiger partial charge in [0, 0.05) is 12.7 Å². The van der Waals surface area contributed by atoms with Gasteiger partial charge in [-0.2, -0.15) is 0 Å². The highest BCUT2D eigenvalue weighted by Gasteiger charge is 2.37. The van der Waals surface area contributed by atoms with Crippen molar-refractivity contribution in [2.24, 2.45) is 5.41 Å². The van der Waals surface area contributed by atoms with Gasteiger partial charge in [-0.15, -0.1) is 0 Å². The molecule has 17 heavy (non-hydrogen) atoms. The lowest BCUT2D eigenvalue weighted by Gasteiger charge is -2.40. The summed E-state index contributed by atoms with van der Waals surface area (Å²) >= 11 is 0. The minimum absolute atomic E-state index is 0.0279. The van der Waals surface area contributed by atoms with Crippen molar-refractivity contribution in [2.75, 3.05) is 13.7 Å². The van der Waals surface area contributed by atoms with Crippen molar-refractivity contribution in [1.29, 1.82) is 0 Å². The minimum atomic E-state index is -0.559. The first kappa shape index (κ1) is 12.3. The molecule has 0 aromatic heterocycles. The van der Waals surface area contributed by atoms with Crippen LogP contribution in [0.2, 0.25) is 0 Å². The van der Waals surface area contributed by atoms with Gasteiger partial charge in [0.1, 0.15) is 5.82 Å². The monoisotopic (exact) mass is 242 g/mol. The zero-order valence-electron chi connectivity index (χ0n) is 9.80. The maximum atomic E-state index is 13.7. The van der Waals surface area contributed by atoms with Crippen LogP contribution in [-0.4, -0.2) is 18.8 Å². The number of halogens is 2. The van der Waals surface area contributed by atoms with Crippen LogP contribution >= 0.6 is 0 Å². The molecule has 0 aliphatic heterocycles. The Balaban J connectivity index is 2.24. The molecule has 0 saturated heterocycles. The van der Waals surface area contributed by atoms with E-state index in [-0.39, 0.29) is 17.8 Å². The minimum Gasteiger partial charge on any atom is -0.494 e. The van der Waals surface area contributed by atoms with Crippen molar-refractivity contribution in [2.45, 2.75) is 25.7 Å². The average Bonchev–Trinajstić information content (AvgIpc) is 2.27. The third kappa shape index (κ3) is 2.27. The maximum absolute atomic E-state index is 13.7. The molecule has 1 N–H and O–H groups in total. The van der Waals surface area contributed by atoms with Crippen molar-refractivity contribution in [3.8, 4) is 5.75 Å². The fourth-order valence-electron chi connectivity index (χ4n) is 2.33. The number of hydrogen-bond donors (Lipinski definition) is 1. The van der Waals surface area contributed by atoms with Gasteiger partial charge in [0.2, 0.25) is 0 Å². The first-order chi connectivity index (χ1) is 8.10. The standard InChI is InChI=1S/C13H16F2O2/c1-17-12-6-10(14)9(5-11(12)15)7-13(8-16)3-2-4-13/h5-6,16H,2-4,7-8H2,1H3. The predicted molar refractivity (Wildman–Crippen MR) is 60.0 cm³/mol. The molecule has 1 fully saturated rings. The molecule has 0 radical (unpaired) electrons. The van der Waals surface area contributed by atoms with E-state index in [0.29, 0.717) is 12.0 Å². The van der Waals surface area contributed by atoms with E-state index >= 15 is 0 Å². The normalized spacial score (nSPS) is 17.6. The molecule has 4 heteroatoms. The van der Waals surface area contributed by atoms with Crippen molar-refractivity contribution in [3.63, 3.8) is 0 Å². The Kier molecular flexibility index (Phi) is 3.33. The third-order valence-corrected chi connectivity index (χ3v) is 3.64. The number of ether oxygens (including phenoxy) is 1. The summed E-state index contributed by atoms with van der Waals surface area (Å²) < 4.78 is 31.9. The zero-order valence-corrected chi connectivity index (χ0v) is 9.80. The molecule has 94 valence electrons. The highest BCUT2D eigenvalue weighted by atomic mass is 19.1. The van der Waals surface area contributed by atoms with E-state index < -0.39 is 11.6 Å². The molecule has 0 spiro atoms. The second-order valence-electron chi connectivity index (χ2n) is 4.77. The van der Waals surface area contributed by atoms with Crippen LogP contribution in [0.3, 0.4) is 0 Å². The van der Waals surface area contributed by atoms with E-state index in [2.05, 4.69) is 0 Å². The maximum Gasteiger partial charge on any atom is 0.165 e. The molecule has 2 rings (SSSR count). The molecule has 1 aromatic rings. The zero-order chi connectivity index (χ0) is 12.5. The first-order valence-corrected chi connectivity index (χ1v) is 5.73. The summed E-state index contributed by atoms with van der Waals surface area (Å²) in [5.41, 5.74) is 0.0686. The fourth-order valence-corrected chi connectivity index (χ4v) is 2.33. The van der Waals surface area contributed by atoms with Gasteiger partial charge in [0.15, 0.2) is 11.6 Å². The average molecular weight is 242 g/mol. The van der Waals surface area contributed by atoms with E-state index in [1.807, 2.05) is 0 Å². The van der Waals surface area contributed by atoms with Crippen LogP contribution in [-0.2, 0) is 6.42 Å². The van der Waals surface area contributed by atoms with Crippen molar-refractivity contribution < 1.29 is 18.6 Å². The predicted octanol–water partition coefficient (Wildman–Crippen LogP) is 2.68. The largest absolute Gasteiger partial charge is 0.494 e. The Bertz CT molecular complexity index is 409. The van der Waals surface area contributed by atoms with E-state index in [4.69, 9.17) is 4.74 Å². The van der Waals surface area contributed by atoms with E-state index in [1.165, 1.54) is 13.2 Å². The Labute approximate surface area is 99.2 Å². The van der Waals surface area contributed by atoms with Crippen LogP contribution < -0.4 is 4.74 Å². The van der Waals surface area contributed by atoms with Gasteiger partial charge in [0.25, 0.3) is 0 Å². The molecule has 1 saturated carbocycles. The Hall–Kier alpha value is -1.16. The smallest absolute Gasteiger partial charge is 0.165 e. The van der Waals surface area contributed by atoms with Crippen LogP contribution in [0.4, 0.5) is 8.78 Å². The lowest BCUT2D eigenvalue weighted by atomic mass is 9.66. The summed E-state index contributed by atoms with van der Waals surface area (Å²) in [4.78, 5) is 0. The van der Waals surface area contributed by atoms with Gasteiger partial charge in [-0.25, -0.2) is 8.78 Å². The summed E-state index contributed by atoms with van der Waals surface area (Å²) in [6, 6.07) is 2.23. The van der Waals surface area contributed by atoms with Crippen molar-refractivity contribution in [3.05, 3.63) is 29.3 Å². The molecule has 0 unspecified atom stereocenters. The number of aliphatic hydroxyl groups excluding tert-OH is 1. The number of benzene rings is 1. The van der Waals surface area contributed by atoms with E-state index in [0.717, 1.165) is 25.3 Å². The van der Waals surface area contributed by atoms with Crippen LogP contribution in [0.5, 0.6) is 5.75 Å². The Morgan fingerprint density at radius 3 is 2.47 bits per heavy atom. The second-order valence-corrected chi connectivity index (χ2v) is 4.77. The quantitative estimate of drug-likeness (QED) is 0.879. The lowest BCUT2D eigenvalue weighted by Crippen LogP contribution is -2.35. The number of hydrogen-bond acceptors (Lipinski definition) is 2. The second kappa shape index (κ2) is 4.61. The van der Waals surface area contributed by atoms with E-state index in [9.17, 15) is 13.9 Å². The number of methoxy groups -OCH3 is 1. The fraction of sp³-hybridized carbons (Fsp3) is 0.538. The molecular formula is C13H16F2O2. The van der Waals surface area contributed by atoms with Crippen LogP contribution in [0.25, 0.3) is 0 Å². The molecule has 1 aromatic carbocycles. The van der Waals surface area contributed by atoms with Crippen molar-refractivity contribution in [1.82, 2.24) is 0 Å². The summed E-state index contributed by atoms with van der Waals surface area (Å²) in [6.45, 7) is 0.0279. The highest BCUT2D eigenvalue weighted by Crippen LogP contribution is 2.43. The molecular weight excluding hydrogens is 226 g/mol. The molecule has 0 heterocycles. The molecule has 2 nitrogen and oxygen atoms in total. The molecule has 0 amide bonds. The summed E-state index contributed by atoms with van der Waals surface area (Å²) in [6.07, 6.45) is 3.17. The summed E-state index contributed by atoms with van der Waals surface area (Å²) in [5, 5.41) is 9.32. The topological polar surface area (TPSA) is 29.5 Å². The van der Waals surface area contributed by atoms with Gasteiger partial charge in [0.05, 0.1) is 7.11 Å². The lowest BCUT2D eigenvalue weighted by molar-refractivity contribution is 0.0441. The molecule has 1 aliphatic rings. The van der Waals surface area contributed by atoms with Crippen molar-refractivity contribution >= 4 is 0 Å². The first-order valence-electron chi connectivity index (χ1n) is 5.73. The van der Waals surface area contributed by atoms with E-state index in [1.54, 1.807) is 0 Å². The SMILES string of the molecule is COc1cc(F)c(CC2(CO)CCC2)cc1F. The molecule has 0 atom stereocenters. The highest BCUT2D eigenvalue weighted by molar-refractivity contribution is 5.31. The molecule has 0 bridgehead atoms. The van der Waals surface area contributed by atoms with Gasteiger partial charge >= 0.3 is 0 Å². The van der Waals surface area contributed by atoms with Gasteiger partial charge in [-0.1, -0.05) is 6.42 Å².